The largest absolute Gasteiger partial charge is 0.451 e. The summed E-state index contributed by atoms with van der Waals surface area (Å²) >= 11 is 0. The van der Waals surface area contributed by atoms with Gasteiger partial charge in [0.25, 0.3) is 5.69 Å². The van der Waals surface area contributed by atoms with Crippen molar-refractivity contribution in [3.63, 3.8) is 0 Å². The second-order valence-corrected chi connectivity index (χ2v) is 10.4. The zero-order valence-electron chi connectivity index (χ0n) is 21.7. The molecular weight excluding hydrogens is 480 g/mol. The minimum atomic E-state index is -1.05. The summed E-state index contributed by atoms with van der Waals surface area (Å²) in [6.07, 6.45) is 0.495. The number of amides is 1. The molecule has 2 aromatic rings. The fraction of sp³-hybridized carbons (Fsp3) is 0.444. The molecule has 1 heterocycles. The molecule has 0 unspecified atom stereocenters. The van der Waals surface area contributed by atoms with Crippen LogP contribution in [0, 0.1) is 16.0 Å². The lowest BCUT2D eigenvalue weighted by atomic mass is 9.97. The Bertz CT molecular complexity index is 1160. The second kappa shape index (κ2) is 11.0. The summed E-state index contributed by atoms with van der Waals surface area (Å²) in [5, 5.41) is 10.9. The summed E-state index contributed by atoms with van der Waals surface area (Å²) in [4.78, 5) is 49.7. The number of hydrogen-bond acceptors (Lipinski definition) is 8. The number of carbonyl (C=O) groups is 3. The van der Waals surface area contributed by atoms with Gasteiger partial charge in [-0.3, -0.25) is 14.9 Å². The van der Waals surface area contributed by atoms with E-state index < -0.39 is 34.2 Å². The van der Waals surface area contributed by atoms with Crippen molar-refractivity contribution >= 4 is 23.7 Å². The first kappa shape index (κ1) is 27.6. The number of likely N-dealkylation sites (tertiary alicyclic amines) is 1. The van der Waals surface area contributed by atoms with Crippen LogP contribution in [0.1, 0.15) is 63.4 Å². The summed E-state index contributed by atoms with van der Waals surface area (Å²) in [5.74, 6) is -1.23. The van der Waals surface area contributed by atoms with Gasteiger partial charge < -0.3 is 19.1 Å². The normalized spacial score (nSPS) is 14.6. The van der Waals surface area contributed by atoms with Gasteiger partial charge in [0.2, 0.25) is 0 Å². The Labute approximate surface area is 215 Å². The van der Waals surface area contributed by atoms with Crippen LogP contribution >= 0.6 is 0 Å². The Morgan fingerprint density at radius 1 is 0.946 bits per heavy atom. The first-order valence-electron chi connectivity index (χ1n) is 12.0. The maximum atomic E-state index is 12.8. The highest BCUT2D eigenvalue weighted by atomic mass is 16.6. The van der Waals surface area contributed by atoms with Crippen LogP contribution in [0.5, 0.6) is 5.75 Å². The van der Waals surface area contributed by atoms with E-state index in [2.05, 4.69) is 0 Å². The average Bonchev–Trinajstić information content (AvgIpc) is 2.83. The van der Waals surface area contributed by atoms with Crippen LogP contribution < -0.4 is 4.74 Å². The van der Waals surface area contributed by atoms with Gasteiger partial charge in [0, 0.05) is 25.2 Å². The summed E-state index contributed by atoms with van der Waals surface area (Å²) in [6.45, 7) is 9.54. The maximum absolute atomic E-state index is 12.8. The van der Waals surface area contributed by atoms with Crippen molar-refractivity contribution in [3.05, 3.63) is 69.8 Å². The van der Waals surface area contributed by atoms with E-state index >= 15 is 0 Å². The third-order valence-corrected chi connectivity index (χ3v) is 5.89. The van der Waals surface area contributed by atoms with Crippen LogP contribution in [0.4, 0.5) is 10.5 Å². The number of carbonyl (C=O) groups excluding carboxylic acids is 3. The fourth-order valence-electron chi connectivity index (χ4n) is 3.84. The molecule has 0 atom stereocenters. The molecule has 0 saturated carbocycles. The molecule has 37 heavy (non-hydrogen) atoms. The van der Waals surface area contributed by atoms with Crippen molar-refractivity contribution < 1.29 is 33.5 Å². The number of ether oxygens (including phenoxy) is 3. The number of nitro groups is 1. The molecule has 3 rings (SSSR count). The first-order chi connectivity index (χ1) is 17.2. The lowest BCUT2D eigenvalue weighted by Gasteiger charge is -2.32. The first-order valence-corrected chi connectivity index (χ1v) is 12.0. The number of benzene rings is 2. The van der Waals surface area contributed by atoms with E-state index in [1.807, 2.05) is 0 Å². The lowest BCUT2D eigenvalue weighted by molar-refractivity contribution is -0.384. The summed E-state index contributed by atoms with van der Waals surface area (Å²) in [5.41, 5.74) is -0.917. The van der Waals surface area contributed by atoms with Gasteiger partial charge in [0.1, 0.15) is 17.0 Å². The van der Waals surface area contributed by atoms with E-state index in [1.54, 1.807) is 57.7 Å². The highest BCUT2D eigenvalue weighted by molar-refractivity contribution is 5.90. The molecule has 1 saturated heterocycles. The predicted octanol–water partition coefficient (Wildman–Crippen LogP) is 5.24. The molecule has 1 aliphatic heterocycles. The van der Waals surface area contributed by atoms with Gasteiger partial charge in [0.15, 0.2) is 0 Å². The SMILES string of the molecule is CC(C)(C)OC(=O)N1CCC(C(=O)Oc2cccc(C(=O)OC(C)(C)c3ccc([N+](=O)[O-])cc3)c2)CC1. The molecule has 0 spiro atoms. The average molecular weight is 513 g/mol. The summed E-state index contributed by atoms with van der Waals surface area (Å²) < 4.78 is 16.6. The molecule has 1 fully saturated rings. The molecule has 0 aromatic heterocycles. The molecule has 0 bridgehead atoms. The van der Waals surface area contributed by atoms with E-state index in [-0.39, 0.29) is 22.9 Å². The van der Waals surface area contributed by atoms with Crippen LogP contribution in [-0.2, 0) is 19.9 Å². The van der Waals surface area contributed by atoms with Crippen LogP contribution in [-0.4, -0.2) is 46.5 Å². The molecule has 198 valence electrons. The van der Waals surface area contributed by atoms with Crippen LogP contribution in [0.25, 0.3) is 0 Å². The molecule has 0 aliphatic carbocycles. The minimum Gasteiger partial charge on any atom is -0.451 e. The number of hydrogen-bond donors (Lipinski definition) is 0. The zero-order valence-corrected chi connectivity index (χ0v) is 21.7. The van der Waals surface area contributed by atoms with Crippen LogP contribution in [0.3, 0.4) is 0 Å². The zero-order chi connectivity index (χ0) is 27.4. The molecule has 1 amide bonds. The third-order valence-electron chi connectivity index (χ3n) is 5.89. The van der Waals surface area contributed by atoms with Gasteiger partial charge in [-0.15, -0.1) is 0 Å². The Morgan fingerprint density at radius 3 is 2.14 bits per heavy atom. The summed E-state index contributed by atoms with van der Waals surface area (Å²) in [7, 11) is 0. The second-order valence-electron chi connectivity index (χ2n) is 10.4. The molecule has 0 N–H and O–H groups in total. The van der Waals surface area contributed by atoms with E-state index in [0.717, 1.165) is 0 Å². The lowest BCUT2D eigenvalue weighted by Crippen LogP contribution is -2.43. The van der Waals surface area contributed by atoms with Gasteiger partial charge in [0.05, 0.1) is 16.4 Å². The maximum Gasteiger partial charge on any atom is 0.410 e. The van der Waals surface area contributed by atoms with Gasteiger partial charge >= 0.3 is 18.0 Å². The highest BCUT2D eigenvalue weighted by Crippen LogP contribution is 2.29. The van der Waals surface area contributed by atoms with Gasteiger partial charge in [-0.2, -0.15) is 0 Å². The summed E-state index contributed by atoms with van der Waals surface area (Å²) in [6, 6.07) is 11.9. The molecule has 2 aromatic carbocycles. The molecule has 10 nitrogen and oxygen atoms in total. The minimum absolute atomic E-state index is 0.0593. The van der Waals surface area contributed by atoms with Crippen molar-refractivity contribution in [1.29, 1.82) is 0 Å². The highest BCUT2D eigenvalue weighted by Gasteiger charge is 2.31. The molecule has 0 radical (unpaired) electrons. The van der Waals surface area contributed by atoms with Gasteiger partial charge in [-0.25, -0.2) is 9.59 Å². The Kier molecular flexibility index (Phi) is 8.20. The van der Waals surface area contributed by atoms with Gasteiger partial charge in [-0.05, 0) is 83.4 Å². The van der Waals surface area contributed by atoms with Gasteiger partial charge in [-0.1, -0.05) is 6.07 Å². The number of piperidine rings is 1. The van der Waals surface area contributed by atoms with E-state index in [9.17, 15) is 24.5 Å². The number of nitrogens with zero attached hydrogens (tertiary/aromatic N) is 2. The predicted molar refractivity (Wildman–Crippen MR) is 134 cm³/mol. The number of rotatable bonds is 6. The van der Waals surface area contributed by atoms with E-state index in [0.29, 0.717) is 31.5 Å². The molecule has 1 aliphatic rings. The van der Waals surface area contributed by atoms with Crippen LogP contribution in [0.2, 0.25) is 0 Å². The van der Waals surface area contributed by atoms with E-state index in [4.69, 9.17) is 14.2 Å². The Morgan fingerprint density at radius 2 is 1.57 bits per heavy atom. The van der Waals surface area contributed by atoms with Crippen LogP contribution in [0.15, 0.2) is 48.5 Å². The monoisotopic (exact) mass is 512 g/mol. The third kappa shape index (κ3) is 7.52. The number of non-ortho nitro benzene ring substituents is 1. The topological polar surface area (TPSA) is 125 Å². The number of esters is 2. The van der Waals surface area contributed by atoms with Crippen molar-refractivity contribution in [1.82, 2.24) is 4.90 Å². The van der Waals surface area contributed by atoms with Crippen molar-refractivity contribution in [2.45, 2.75) is 58.7 Å². The fourth-order valence-corrected chi connectivity index (χ4v) is 3.84. The molecular formula is C27H32N2O8. The van der Waals surface area contributed by atoms with E-state index in [1.165, 1.54) is 30.3 Å². The Balaban J connectivity index is 1.58. The van der Waals surface area contributed by atoms with Crippen molar-refractivity contribution in [2.24, 2.45) is 5.92 Å². The number of nitro benzene ring substituents is 1. The quantitative estimate of drug-likeness (QED) is 0.223. The standard InChI is InChI=1S/C27H32N2O8/c1-26(2,3)37-25(32)28-15-13-18(14-16-28)23(30)35-22-8-6-7-19(17-22)24(31)36-27(4,5)20-9-11-21(12-10-20)29(33)34/h6-12,17-18H,13-16H2,1-5H3. The molecule has 10 heteroatoms. The smallest absolute Gasteiger partial charge is 0.410 e. The van der Waals surface area contributed by atoms with Crippen molar-refractivity contribution in [3.8, 4) is 5.75 Å². The van der Waals surface area contributed by atoms with Crippen molar-refractivity contribution in [2.75, 3.05) is 13.1 Å². The Hall–Kier alpha value is -3.95.